The van der Waals surface area contributed by atoms with Gasteiger partial charge in [-0.05, 0) is 49.3 Å². The molecule has 0 bridgehead atoms. The van der Waals surface area contributed by atoms with Gasteiger partial charge in [0, 0.05) is 17.9 Å². The number of aromatic hydroxyl groups is 1. The first-order valence-corrected chi connectivity index (χ1v) is 12.4. The number of imide groups is 1. The molecule has 5 rings (SSSR count). The second-order valence-electron chi connectivity index (χ2n) is 10.5. The van der Waals surface area contributed by atoms with Crippen molar-refractivity contribution in [3.05, 3.63) is 28.8 Å². The molecule has 4 aliphatic rings. The normalized spacial score (nSPS) is 37.8. The number of carbonyl (C=O) groups excluding carboxylic acids is 2. The van der Waals surface area contributed by atoms with Gasteiger partial charge in [0.2, 0.25) is 11.8 Å². The van der Waals surface area contributed by atoms with Crippen molar-refractivity contribution in [3.8, 4) is 5.75 Å². The molecule has 32 heavy (non-hydrogen) atoms. The van der Waals surface area contributed by atoms with Crippen LogP contribution < -0.4 is 0 Å². The number of nitrogens with zero attached hydrogens (tertiary/aromatic N) is 1. The SMILES string of the molecule is CC(C)[C@H]1C[C@@H]2C(=O)N(C3CCCCC3)C(=O)[C@@H]2[C@@H]2C[C@@H](c3ccc(O)cc3Cl)O[C@]12O. The molecular formula is C25H32ClNO5. The van der Waals surface area contributed by atoms with E-state index in [2.05, 4.69) is 0 Å². The third-order valence-electron chi connectivity index (χ3n) is 8.39. The van der Waals surface area contributed by atoms with Crippen molar-refractivity contribution in [3.63, 3.8) is 0 Å². The zero-order valence-corrected chi connectivity index (χ0v) is 19.4. The lowest BCUT2D eigenvalue weighted by molar-refractivity contribution is -0.276. The summed E-state index contributed by atoms with van der Waals surface area (Å²) < 4.78 is 6.31. The summed E-state index contributed by atoms with van der Waals surface area (Å²) >= 11 is 6.39. The van der Waals surface area contributed by atoms with Crippen LogP contribution in [0.3, 0.4) is 0 Å². The summed E-state index contributed by atoms with van der Waals surface area (Å²) in [6, 6.07) is 4.71. The molecule has 2 saturated carbocycles. The number of carbonyl (C=O) groups is 2. The van der Waals surface area contributed by atoms with E-state index in [9.17, 15) is 19.8 Å². The highest BCUT2D eigenvalue weighted by molar-refractivity contribution is 6.31. The molecule has 7 heteroatoms. The van der Waals surface area contributed by atoms with Gasteiger partial charge in [-0.3, -0.25) is 14.5 Å². The number of fused-ring (bicyclic) bond motifs is 3. The highest BCUT2D eigenvalue weighted by Gasteiger charge is 2.67. The van der Waals surface area contributed by atoms with E-state index < -0.39 is 23.7 Å². The van der Waals surface area contributed by atoms with E-state index in [0.717, 1.165) is 32.1 Å². The number of ether oxygens (including phenoxy) is 1. The number of halogens is 1. The van der Waals surface area contributed by atoms with Crippen molar-refractivity contribution in [2.24, 2.45) is 29.6 Å². The molecule has 4 fully saturated rings. The number of likely N-dealkylation sites (tertiary alicyclic amines) is 1. The highest BCUT2D eigenvalue weighted by atomic mass is 35.5. The third-order valence-corrected chi connectivity index (χ3v) is 8.72. The molecule has 1 aromatic carbocycles. The molecule has 0 aromatic heterocycles. The van der Waals surface area contributed by atoms with E-state index in [1.807, 2.05) is 13.8 Å². The predicted octanol–water partition coefficient (Wildman–Crippen LogP) is 4.42. The molecule has 2 N–H and O–H groups in total. The summed E-state index contributed by atoms with van der Waals surface area (Å²) in [5.74, 6) is -3.17. The lowest BCUT2D eigenvalue weighted by atomic mass is 9.62. The Bertz CT molecular complexity index is 929. The Morgan fingerprint density at radius 2 is 1.84 bits per heavy atom. The van der Waals surface area contributed by atoms with E-state index in [0.29, 0.717) is 23.4 Å². The Balaban J connectivity index is 1.51. The average Bonchev–Trinajstić information content (AvgIpc) is 3.21. The molecule has 2 aliphatic carbocycles. The van der Waals surface area contributed by atoms with E-state index in [1.165, 1.54) is 6.07 Å². The van der Waals surface area contributed by atoms with Gasteiger partial charge in [0.05, 0.1) is 23.0 Å². The fraction of sp³-hybridized carbons (Fsp3) is 0.680. The van der Waals surface area contributed by atoms with Crippen LogP contribution in [0.2, 0.25) is 5.02 Å². The maximum atomic E-state index is 13.6. The number of aliphatic hydroxyl groups is 1. The Morgan fingerprint density at radius 1 is 1.12 bits per heavy atom. The number of amides is 2. The summed E-state index contributed by atoms with van der Waals surface area (Å²) in [5, 5.41) is 22.0. The van der Waals surface area contributed by atoms with Gasteiger partial charge in [-0.25, -0.2) is 0 Å². The van der Waals surface area contributed by atoms with E-state index >= 15 is 0 Å². The summed E-state index contributed by atoms with van der Waals surface area (Å²) in [4.78, 5) is 28.7. The van der Waals surface area contributed by atoms with Crippen LogP contribution in [0.4, 0.5) is 0 Å². The first kappa shape index (κ1) is 22.2. The Kier molecular flexibility index (Phi) is 5.54. The molecule has 2 saturated heterocycles. The molecule has 6 nitrogen and oxygen atoms in total. The molecule has 174 valence electrons. The van der Waals surface area contributed by atoms with Gasteiger partial charge in [-0.15, -0.1) is 0 Å². The maximum absolute atomic E-state index is 13.6. The number of phenolic OH excluding ortho intramolecular Hbond substituents is 1. The van der Waals surface area contributed by atoms with Crippen LogP contribution in [0, 0.1) is 29.6 Å². The second-order valence-corrected chi connectivity index (χ2v) is 10.9. The number of rotatable bonds is 3. The number of hydrogen-bond donors (Lipinski definition) is 2. The third kappa shape index (κ3) is 3.29. The van der Waals surface area contributed by atoms with Crippen LogP contribution in [0.1, 0.15) is 70.5 Å². The molecule has 0 unspecified atom stereocenters. The monoisotopic (exact) mass is 461 g/mol. The van der Waals surface area contributed by atoms with Crippen LogP contribution >= 0.6 is 11.6 Å². The smallest absolute Gasteiger partial charge is 0.233 e. The fourth-order valence-electron chi connectivity index (χ4n) is 6.86. The molecule has 0 spiro atoms. The van der Waals surface area contributed by atoms with Crippen molar-refractivity contribution < 1.29 is 24.5 Å². The van der Waals surface area contributed by atoms with Crippen molar-refractivity contribution in [2.75, 3.05) is 0 Å². The first-order chi connectivity index (χ1) is 15.2. The summed E-state index contributed by atoms with van der Waals surface area (Å²) in [6.07, 6.45) is 5.38. The van der Waals surface area contributed by atoms with Crippen LogP contribution in [0.5, 0.6) is 5.75 Å². The fourth-order valence-corrected chi connectivity index (χ4v) is 7.16. The van der Waals surface area contributed by atoms with Crippen LogP contribution in [-0.2, 0) is 14.3 Å². The molecular weight excluding hydrogens is 430 g/mol. The van der Waals surface area contributed by atoms with Gasteiger partial charge in [0.1, 0.15) is 5.75 Å². The highest BCUT2D eigenvalue weighted by Crippen LogP contribution is 2.60. The minimum Gasteiger partial charge on any atom is -0.508 e. The van der Waals surface area contributed by atoms with Gasteiger partial charge in [-0.2, -0.15) is 0 Å². The zero-order chi connectivity index (χ0) is 22.8. The maximum Gasteiger partial charge on any atom is 0.233 e. The largest absolute Gasteiger partial charge is 0.508 e. The van der Waals surface area contributed by atoms with E-state index in [1.54, 1.807) is 17.0 Å². The van der Waals surface area contributed by atoms with Crippen molar-refractivity contribution in [2.45, 2.75) is 76.7 Å². The number of hydrogen-bond acceptors (Lipinski definition) is 5. The van der Waals surface area contributed by atoms with Gasteiger partial charge in [-0.1, -0.05) is 50.8 Å². The number of benzene rings is 1. The molecule has 2 amide bonds. The Hall–Kier alpha value is -1.63. The molecule has 0 radical (unpaired) electrons. The lowest BCUT2D eigenvalue weighted by Crippen LogP contribution is -2.55. The van der Waals surface area contributed by atoms with Crippen LogP contribution in [0.25, 0.3) is 0 Å². The molecule has 2 aliphatic heterocycles. The van der Waals surface area contributed by atoms with Crippen molar-refractivity contribution >= 4 is 23.4 Å². The van der Waals surface area contributed by atoms with Crippen LogP contribution in [-0.4, -0.2) is 38.8 Å². The average molecular weight is 462 g/mol. The van der Waals surface area contributed by atoms with Gasteiger partial charge in [0.15, 0.2) is 5.79 Å². The predicted molar refractivity (Wildman–Crippen MR) is 119 cm³/mol. The summed E-state index contributed by atoms with van der Waals surface area (Å²) in [6.45, 7) is 4.06. The number of phenols is 1. The van der Waals surface area contributed by atoms with E-state index in [-0.39, 0.29) is 41.4 Å². The van der Waals surface area contributed by atoms with E-state index in [4.69, 9.17) is 16.3 Å². The Labute approximate surface area is 193 Å². The first-order valence-electron chi connectivity index (χ1n) is 12.0. The van der Waals surface area contributed by atoms with Gasteiger partial charge < -0.3 is 14.9 Å². The standard InChI is InChI=1S/C25H32ClNO5/c1-13(2)18-11-17-22(24(30)27(23(17)29)14-6-4-3-5-7-14)19-12-21(32-25(18,19)31)16-9-8-15(28)10-20(16)26/h8-10,13-14,17-19,21-22,28,31H,3-7,11-12H2,1-2H3/t17-,18+,19-,21-,22-,25+/m0/s1. The summed E-state index contributed by atoms with van der Waals surface area (Å²) in [7, 11) is 0. The molecule has 2 heterocycles. The summed E-state index contributed by atoms with van der Waals surface area (Å²) in [5.41, 5.74) is 0.687. The quantitative estimate of drug-likeness (QED) is 0.650. The minimum atomic E-state index is -1.49. The zero-order valence-electron chi connectivity index (χ0n) is 18.7. The lowest BCUT2D eigenvalue weighted by Gasteiger charge is -2.46. The molecule has 1 aromatic rings. The van der Waals surface area contributed by atoms with Crippen LogP contribution in [0.15, 0.2) is 18.2 Å². The Morgan fingerprint density at radius 3 is 2.50 bits per heavy atom. The minimum absolute atomic E-state index is 0.00963. The topological polar surface area (TPSA) is 87.1 Å². The van der Waals surface area contributed by atoms with Crippen molar-refractivity contribution in [1.82, 2.24) is 4.90 Å². The second kappa shape index (κ2) is 8.00. The molecule has 6 atom stereocenters. The van der Waals surface area contributed by atoms with Crippen molar-refractivity contribution in [1.29, 1.82) is 0 Å². The van der Waals surface area contributed by atoms with Gasteiger partial charge >= 0.3 is 0 Å². The van der Waals surface area contributed by atoms with Gasteiger partial charge in [0.25, 0.3) is 0 Å².